The second-order valence-corrected chi connectivity index (χ2v) is 12.2. The van der Waals surface area contributed by atoms with Gasteiger partial charge < -0.3 is 29.0 Å². The summed E-state index contributed by atoms with van der Waals surface area (Å²) >= 11 is 1.59. The molecule has 5 rings (SSSR count). The molecule has 0 saturated carbocycles. The van der Waals surface area contributed by atoms with E-state index in [9.17, 15) is 4.79 Å². The summed E-state index contributed by atoms with van der Waals surface area (Å²) < 4.78 is 32.5. The molecule has 2 aromatic rings. The van der Waals surface area contributed by atoms with Crippen LogP contribution < -0.4 is 5.32 Å². The zero-order valence-corrected chi connectivity index (χ0v) is 23.8. The van der Waals surface area contributed by atoms with Crippen molar-refractivity contribution in [2.24, 2.45) is 0 Å². The fourth-order valence-electron chi connectivity index (χ4n) is 5.45. The first-order valence-corrected chi connectivity index (χ1v) is 14.4. The molecule has 5 atom stereocenters. The van der Waals surface area contributed by atoms with Gasteiger partial charge in [-0.3, -0.25) is 4.90 Å². The van der Waals surface area contributed by atoms with Gasteiger partial charge in [-0.05, 0) is 59.4 Å². The van der Waals surface area contributed by atoms with Gasteiger partial charge in [0.1, 0.15) is 41.4 Å². The molecule has 1 amide bonds. The molecule has 11 nitrogen and oxygen atoms in total. The van der Waals surface area contributed by atoms with Crippen molar-refractivity contribution in [2.75, 3.05) is 39.1 Å². The molecule has 0 unspecified atom stereocenters. The molecule has 38 heavy (non-hydrogen) atoms. The Hall–Kier alpha value is -1.96. The van der Waals surface area contributed by atoms with E-state index in [2.05, 4.69) is 20.3 Å². The Morgan fingerprint density at radius 1 is 1.26 bits per heavy atom. The number of aromatic nitrogens is 3. The fraction of sp³-hybridized carbons (Fsp3) is 0.731. The van der Waals surface area contributed by atoms with E-state index in [4.69, 9.17) is 23.7 Å². The van der Waals surface area contributed by atoms with E-state index in [0.717, 1.165) is 29.2 Å². The molecular formula is C26H39N5O6S. The number of thioether (sulfide) groups is 1. The quantitative estimate of drug-likeness (QED) is 0.518. The second-order valence-electron chi connectivity index (χ2n) is 11.4. The van der Waals surface area contributed by atoms with Crippen LogP contribution in [0.25, 0.3) is 5.52 Å². The lowest BCUT2D eigenvalue weighted by Crippen LogP contribution is -2.51. The van der Waals surface area contributed by atoms with Crippen molar-refractivity contribution in [1.82, 2.24) is 24.8 Å². The molecule has 0 radical (unpaired) electrons. The van der Waals surface area contributed by atoms with Crippen molar-refractivity contribution in [3.63, 3.8) is 0 Å². The van der Waals surface area contributed by atoms with Crippen molar-refractivity contribution in [3.05, 3.63) is 24.2 Å². The maximum absolute atomic E-state index is 12.1. The number of rotatable bonds is 7. The number of hydrogen-bond donors (Lipinski definition) is 1. The minimum absolute atomic E-state index is 0.140. The molecule has 0 bridgehead atoms. The summed E-state index contributed by atoms with van der Waals surface area (Å²) in [4.78, 5) is 18.9. The first-order chi connectivity index (χ1) is 18.0. The van der Waals surface area contributed by atoms with Crippen LogP contribution >= 0.6 is 11.8 Å². The minimum Gasteiger partial charge on any atom is -0.444 e. The Kier molecular flexibility index (Phi) is 7.92. The van der Waals surface area contributed by atoms with Crippen LogP contribution in [0.15, 0.2) is 23.5 Å². The SMILES string of the molecule is CSc1ncnn2c([C@@H]3O[C@H](CN4CCOC[C@H]4CCNC(=O)OC(C)(C)C)[C@H]4OC(C)(C)O[C@H]43)ccc12. The van der Waals surface area contributed by atoms with Crippen LogP contribution in [-0.4, -0.2) is 100 Å². The number of fused-ring (bicyclic) bond motifs is 2. The molecule has 3 fully saturated rings. The van der Waals surface area contributed by atoms with Crippen LogP contribution in [0, 0.1) is 0 Å². The van der Waals surface area contributed by atoms with E-state index in [1.807, 2.05) is 57.5 Å². The molecule has 210 valence electrons. The van der Waals surface area contributed by atoms with Gasteiger partial charge in [0.05, 0.1) is 24.4 Å². The molecule has 3 saturated heterocycles. The van der Waals surface area contributed by atoms with Gasteiger partial charge in [0.15, 0.2) is 5.79 Å². The third-order valence-electron chi connectivity index (χ3n) is 6.99. The molecule has 0 aromatic carbocycles. The monoisotopic (exact) mass is 549 g/mol. The molecule has 2 aromatic heterocycles. The number of amides is 1. The van der Waals surface area contributed by atoms with Crippen LogP contribution in [0.4, 0.5) is 4.79 Å². The van der Waals surface area contributed by atoms with Gasteiger partial charge in [-0.2, -0.15) is 5.10 Å². The van der Waals surface area contributed by atoms with E-state index >= 15 is 0 Å². The van der Waals surface area contributed by atoms with Crippen LogP contribution in [0.5, 0.6) is 0 Å². The van der Waals surface area contributed by atoms with Gasteiger partial charge >= 0.3 is 6.09 Å². The van der Waals surface area contributed by atoms with E-state index < -0.39 is 17.5 Å². The normalized spacial score (nSPS) is 29.5. The summed E-state index contributed by atoms with van der Waals surface area (Å²) in [6.45, 7) is 12.7. The number of nitrogens with one attached hydrogen (secondary N) is 1. The van der Waals surface area contributed by atoms with Crippen LogP contribution in [0.2, 0.25) is 0 Å². The van der Waals surface area contributed by atoms with Gasteiger partial charge in [0, 0.05) is 25.7 Å². The number of hydrogen-bond acceptors (Lipinski definition) is 10. The Morgan fingerprint density at radius 3 is 2.82 bits per heavy atom. The average Bonchev–Trinajstić information content (AvgIpc) is 3.50. The van der Waals surface area contributed by atoms with Gasteiger partial charge in [0.25, 0.3) is 0 Å². The summed E-state index contributed by atoms with van der Waals surface area (Å²) in [6.07, 6.45) is 2.92. The molecule has 1 N–H and O–H groups in total. The highest BCUT2D eigenvalue weighted by molar-refractivity contribution is 7.98. The van der Waals surface area contributed by atoms with E-state index in [-0.39, 0.29) is 30.5 Å². The van der Waals surface area contributed by atoms with E-state index in [1.165, 1.54) is 0 Å². The smallest absolute Gasteiger partial charge is 0.407 e. The summed E-state index contributed by atoms with van der Waals surface area (Å²) in [5.74, 6) is -0.705. The van der Waals surface area contributed by atoms with E-state index in [1.54, 1.807) is 18.1 Å². The first kappa shape index (κ1) is 27.6. The molecular weight excluding hydrogens is 510 g/mol. The maximum atomic E-state index is 12.1. The highest BCUT2D eigenvalue weighted by Crippen LogP contribution is 2.46. The number of carbonyl (C=O) groups excluding carboxylic acids is 1. The maximum Gasteiger partial charge on any atom is 0.407 e. The Balaban J connectivity index is 1.29. The van der Waals surface area contributed by atoms with Crippen molar-refractivity contribution < 1.29 is 28.5 Å². The van der Waals surface area contributed by atoms with Crippen molar-refractivity contribution in [1.29, 1.82) is 0 Å². The molecule has 5 heterocycles. The number of alkyl carbamates (subject to hydrolysis) is 1. The molecule has 3 aliphatic heterocycles. The largest absolute Gasteiger partial charge is 0.444 e. The number of ether oxygens (including phenoxy) is 5. The topological polar surface area (TPSA) is 109 Å². The summed E-state index contributed by atoms with van der Waals surface area (Å²) in [7, 11) is 0. The van der Waals surface area contributed by atoms with Gasteiger partial charge in [-0.25, -0.2) is 14.3 Å². The Labute approximate surface area is 227 Å². The van der Waals surface area contributed by atoms with Gasteiger partial charge in [-0.15, -0.1) is 11.8 Å². The molecule has 0 spiro atoms. The van der Waals surface area contributed by atoms with Crippen molar-refractivity contribution in [3.8, 4) is 0 Å². The van der Waals surface area contributed by atoms with E-state index in [0.29, 0.717) is 26.3 Å². The lowest BCUT2D eigenvalue weighted by Gasteiger charge is -2.37. The lowest BCUT2D eigenvalue weighted by atomic mass is 10.0. The third kappa shape index (κ3) is 5.95. The number of carbonyl (C=O) groups is 1. The van der Waals surface area contributed by atoms with Gasteiger partial charge in [0.2, 0.25) is 0 Å². The second kappa shape index (κ2) is 10.9. The summed E-state index contributed by atoms with van der Waals surface area (Å²) in [6, 6.07) is 4.22. The average molecular weight is 550 g/mol. The van der Waals surface area contributed by atoms with Gasteiger partial charge in [-0.1, -0.05) is 0 Å². The summed E-state index contributed by atoms with van der Waals surface area (Å²) in [5, 5.41) is 8.29. The van der Waals surface area contributed by atoms with Crippen molar-refractivity contribution in [2.45, 2.75) is 87.9 Å². The van der Waals surface area contributed by atoms with Crippen LogP contribution in [0.3, 0.4) is 0 Å². The third-order valence-corrected chi connectivity index (χ3v) is 7.69. The standard InChI is InChI=1S/C26H39N5O6S/c1-25(2,3)37-24(32)27-10-9-16-14-33-12-11-30(16)13-19-21-22(36-26(4,5)35-21)20(34-19)17-7-8-18-23(38-6)28-15-29-31(17)18/h7-8,15-16,19-22H,9-14H2,1-6H3,(H,27,32)/t16-,19-,20+,21-,22+/m1/s1. The lowest BCUT2D eigenvalue weighted by molar-refractivity contribution is -0.191. The molecule has 0 aliphatic carbocycles. The van der Waals surface area contributed by atoms with Crippen LogP contribution in [0.1, 0.15) is 52.8 Å². The zero-order valence-electron chi connectivity index (χ0n) is 23.0. The Bertz CT molecular complexity index is 1140. The predicted octanol–water partition coefficient (Wildman–Crippen LogP) is 3.03. The zero-order chi connectivity index (χ0) is 27.1. The number of morpholine rings is 1. The molecule has 12 heteroatoms. The first-order valence-electron chi connectivity index (χ1n) is 13.2. The summed E-state index contributed by atoms with van der Waals surface area (Å²) in [5.41, 5.74) is 1.35. The number of nitrogens with zero attached hydrogens (tertiary/aromatic N) is 4. The Morgan fingerprint density at radius 2 is 2.05 bits per heavy atom. The predicted molar refractivity (Wildman–Crippen MR) is 141 cm³/mol. The van der Waals surface area contributed by atoms with Crippen molar-refractivity contribution >= 4 is 23.4 Å². The highest BCUT2D eigenvalue weighted by atomic mass is 32.2. The minimum atomic E-state index is -0.705. The fourth-order valence-corrected chi connectivity index (χ4v) is 5.97. The highest BCUT2D eigenvalue weighted by Gasteiger charge is 2.56. The molecule has 3 aliphatic rings. The van der Waals surface area contributed by atoms with Crippen LogP contribution in [-0.2, 0) is 23.7 Å².